The van der Waals surface area contributed by atoms with E-state index in [2.05, 4.69) is 10.4 Å². The van der Waals surface area contributed by atoms with Crippen LogP contribution in [0.2, 0.25) is 0 Å². The van der Waals surface area contributed by atoms with Crippen LogP contribution in [0.5, 0.6) is 0 Å². The first-order chi connectivity index (χ1) is 8.33. The third-order valence-electron chi connectivity index (χ3n) is 2.60. The van der Waals surface area contributed by atoms with Crippen LogP contribution in [0, 0.1) is 0 Å². The van der Waals surface area contributed by atoms with Gasteiger partial charge in [0, 0.05) is 25.5 Å². The second-order valence-corrected chi connectivity index (χ2v) is 4.22. The number of hydrogen-bond donors (Lipinski definition) is 3. The van der Waals surface area contributed by atoms with Crippen molar-refractivity contribution in [3.05, 3.63) is 18.5 Å². The lowest BCUT2D eigenvalue weighted by Gasteiger charge is -2.11. The van der Waals surface area contributed by atoms with Gasteiger partial charge in [0.05, 0.1) is 12.6 Å². The molecule has 1 rings (SSSR count). The molecule has 0 amide bonds. The van der Waals surface area contributed by atoms with Gasteiger partial charge in [0.15, 0.2) is 0 Å². The number of rotatable bonds is 10. The molecular weight excluding hydrogens is 218 g/mol. The van der Waals surface area contributed by atoms with Crippen molar-refractivity contribution in [3.8, 4) is 0 Å². The predicted molar refractivity (Wildman–Crippen MR) is 66.7 cm³/mol. The van der Waals surface area contributed by atoms with Gasteiger partial charge in [0.1, 0.15) is 0 Å². The van der Waals surface area contributed by atoms with E-state index in [0.29, 0.717) is 13.1 Å². The Balaban J connectivity index is 1.92. The number of aromatic nitrogens is 2. The average molecular weight is 241 g/mol. The number of nitrogens with one attached hydrogen (secondary N) is 1. The summed E-state index contributed by atoms with van der Waals surface area (Å²) in [6.07, 6.45) is 7.35. The summed E-state index contributed by atoms with van der Waals surface area (Å²) in [6, 6.07) is 1.85. The third kappa shape index (κ3) is 7.10. The molecule has 0 radical (unpaired) electrons. The largest absolute Gasteiger partial charge is 0.396 e. The summed E-state index contributed by atoms with van der Waals surface area (Å²) in [5.41, 5.74) is 0. The van der Waals surface area contributed by atoms with Crippen LogP contribution in [0.3, 0.4) is 0 Å². The Hall–Kier alpha value is -0.910. The van der Waals surface area contributed by atoms with Crippen LogP contribution in [0.1, 0.15) is 25.7 Å². The van der Waals surface area contributed by atoms with E-state index in [4.69, 9.17) is 5.11 Å². The SMILES string of the molecule is OCCCCCCNCC(O)Cn1cccn1. The number of aliphatic hydroxyl groups is 2. The standard InChI is InChI=1S/C12H23N3O2/c16-9-4-2-1-3-6-13-10-12(17)11-15-8-5-7-14-15/h5,7-8,12-13,16-17H,1-4,6,9-11H2. The van der Waals surface area contributed by atoms with Gasteiger partial charge in [-0.25, -0.2) is 0 Å². The van der Waals surface area contributed by atoms with Gasteiger partial charge in [-0.15, -0.1) is 0 Å². The molecule has 0 aliphatic heterocycles. The van der Waals surface area contributed by atoms with Gasteiger partial charge in [0.25, 0.3) is 0 Å². The van der Waals surface area contributed by atoms with Crippen LogP contribution in [0.25, 0.3) is 0 Å². The third-order valence-corrected chi connectivity index (χ3v) is 2.60. The van der Waals surface area contributed by atoms with Crippen molar-refractivity contribution < 1.29 is 10.2 Å². The zero-order chi connectivity index (χ0) is 12.3. The second kappa shape index (κ2) is 9.15. The van der Waals surface area contributed by atoms with Crippen molar-refractivity contribution in [3.63, 3.8) is 0 Å². The van der Waals surface area contributed by atoms with Crippen molar-refractivity contribution >= 4 is 0 Å². The van der Waals surface area contributed by atoms with E-state index >= 15 is 0 Å². The monoisotopic (exact) mass is 241 g/mol. The quantitative estimate of drug-likeness (QED) is 0.518. The van der Waals surface area contributed by atoms with E-state index in [1.165, 1.54) is 0 Å². The minimum absolute atomic E-state index is 0.288. The minimum atomic E-state index is -0.396. The highest BCUT2D eigenvalue weighted by atomic mass is 16.3. The summed E-state index contributed by atoms with van der Waals surface area (Å²) in [5.74, 6) is 0. The summed E-state index contributed by atoms with van der Waals surface area (Å²) in [4.78, 5) is 0. The van der Waals surface area contributed by atoms with Gasteiger partial charge in [0.2, 0.25) is 0 Å². The molecule has 0 bridgehead atoms. The molecule has 0 aliphatic carbocycles. The molecule has 0 saturated heterocycles. The molecule has 0 aliphatic rings. The lowest BCUT2D eigenvalue weighted by atomic mass is 10.2. The Morgan fingerprint density at radius 1 is 1.24 bits per heavy atom. The lowest BCUT2D eigenvalue weighted by molar-refractivity contribution is 0.147. The molecule has 3 N–H and O–H groups in total. The number of hydrogen-bond acceptors (Lipinski definition) is 4. The summed E-state index contributed by atoms with van der Waals surface area (Å²) >= 11 is 0. The molecule has 1 aromatic rings. The normalized spacial score (nSPS) is 12.8. The Kier molecular flexibility index (Phi) is 7.62. The van der Waals surface area contributed by atoms with Crippen molar-refractivity contribution in [2.75, 3.05) is 19.7 Å². The molecule has 0 fully saturated rings. The minimum Gasteiger partial charge on any atom is -0.396 e. The van der Waals surface area contributed by atoms with Gasteiger partial charge in [-0.3, -0.25) is 4.68 Å². The topological polar surface area (TPSA) is 70.3 Å². The van der Waals surface area contributed by atoms with Gasteiger partial charge >= 0.3 is 0 Å². The molecular formula is C12H23N3O2. The molecule has 1 atom stereocenters. The van der Waals surface area contributed by atoms with Crippen LogP contribution in [0.15, 0.2) is 18.5 Å². The average Bonchev–Trinajstić information content (AvgIpc) is 2.80. The van der Waals surface area contributed by atoms with Gasteiger partial charge < -0.3 is 15.5 Å². The van der Waals surface area contributed by atoms with Crippen molar-refractivity contribution in [1.82, 2.24) is 15.1 Å². The van der Waals surface area contributed by atoms with Crippen LogP contribution in [-0.4, -0.2) is 45.8 Å². The molecule has 0 aromatic carbocycles. The first-order valence-electron chi connectivity index (χ1n) is 6.30. The van der Waals surface area contributed by atoms with Crippen molar-refractivity contribution in [1.29, 1.82) is 0 Å². The summed E-state index contributed by atoms with van der Waals surface area (Å²) in [7, 11) is 0. The number of aliphatic hydroxyl groups excluding tert-OH is 2. The maximum absolute atomic E-state index is 9.71. The maximum atomic E-state index is 9.71. The molecule has 1 unspecified atom stereocenters. The molecule has 0 saturated carbocycles. The molecule has 5 nitrogen and oxygen atoms in total. The zero-order valence-corrected chi connectivity index (χ0v) is 10.3. The Bertz CT molecular complexity index is 265. The van der Waals surface area contributed by atoms with Crippen LogP contribution in [-0.2, 0) is 6.54 Å². The molecule has 1 heterocycles. The summed E-state index contributed by atoms with van der Waals surface area (Å²) < 4.78 is 1.73. The Labute approximate surface area is 102 Å². The summed E-state index contributed by atoms with van der Waals surface area (Å²) in [5, 5.41) is 25.6. The first-order valence-corrected chi connectivity index (χ1v) is 6.30. The van der Waals surface area contributed by atoms with Gasteiger partial charge in [-0.05, 0) is 25.5 Å². The highest BCUT2D eigenvalue weighted by Crippen LogP contribution is 1.97. The fourth-order valence-electron chi connectivity index (χ4n) is 1.67. The molecule has 1 aromatic heterocycles. The second-order valence-electron chi connectivity index (χ2n) is 4.22. The first kappa shape index (κ1) is 14.2. The van der Waals surface area contributed by atoms with Gasteiger partial charge in [-0.2, -0.15) is 5.10 Å². The van der Waals surface area contributed by atoms with E-state index in [0.717, 1.165) is 32.2 Å². The molecule has 17 heavy (non-hydrogen) atoms. The zero-order valence-electron chi connectivity index (χ0n) is 10.3. The van der Waals surface area contributed by atoms with Gasteiger partial charge in [-0.1, -0.05) is 12.8 Å². The van der Waals surface area contributed by atoms with E-state index in [-0.39, 0.29) is 6.61 Å². The Morgan fingerprint density at radius 3 is 2.76 bits per heavy atom. The smallest absolute Gasteiger partial charge is 0.0860 e. The van der Waals surface area contributed by atoms with Crippen LogP contribution in [0.4, 0.5) is 0 Å². The lowest BCUT2D eigenvalue weighted by Crippen LogP contribution is -2.31. The highest BCUT2D eigenvalue weighted by Gasteiger charge is 2.04. The van der Waals surface area contributed by atoms with E-state index in [1.807, 2.05) is 12.3 Å². The summed E-state index contributed by atoms with van der Waals surface area (Å²) in [6.45, 7) is 2.34. The van der Waals surface area contributed by atoms with E-state index < -0.39 is 6.10 Å². The Morgan fingerprint density at radius 2 is 2.06 bits per heavy atom. The fourth-order valence-corrected chi connectivity index (χ4v) is 1.67. The molecule has 98 valence electrons. The fraction of sp³-hybridized carbons (Fsp3) is 0.750. The molecule has 5 heteroatoms. The van der Waals surface area contributed by atoms with Crippen molar-refractivity contribution in [2.24, 2.45) is 0 Å². The van der Waals surface area contributed by atoms with Crippen LogP contribution < -0.4 is 5.32 Å². The molecule has 0 spiro atoms. The number of unbranched alkanes of at least 4 members (excludes halogenated alkanes) is 3. The van der Waals surface area contributed by atoms with E-state index in [9.17, 15) is 5.11 Å². The predicted octanol–water partition coefficient (Wildman–Crippen LogP) is 0.386. The van der Waals surface area contributed by atoms with E-state index in [1.54, 1.807) is 10.9 Å². The van der Waals surface area contributed by atoms with Crippen LogP contribution >= 0.6 is 0 Å². The number of nitrogens with zero attached hydrogens (tertiary/aromatic N) is 2. The maximum Gasteiger partial charge on any atom is 0.0860 e. The highest BCUT2D eigenvalue weighted by molar-refractivity contribution is 4.78. The van der Waals surface area contributed by atoms with Crippen molar-refractivity contribution in [2.45, 2.75) is 38.3 Å².